The minimum absolute atomic E-state index is 0. The molecular formula is C10H12BrClMgO. The van der Waals surface area contributed by atoms with Crippen LogP contribution in [-0.2, 0) is 0 Å². The van der Waals surface area contributed by atoms with Gasteiger partial charge in [0.25, 0.3) is 0 Å². The quantitative estimate of drug-likeness (QED) is 0.520. The molecule has 1 nitrogen and oxygen atoms in total. The minimum Gasteiger partial charge on any atom is -1.00 e. The Balaban J connectivity index is 0. The zero-order chi connectivity index (χ0) is 9.19. The van der Waals surface area contributed by atoms with Crippen molar-refractivity contribution in [2.45, 2.75) is 26.4 Å². The van der Waals surface area contributed by atoms with Crippen LogP contribution in [0.15, 0.2) is 18.2 Å². The molecule has 0 saturated heterocycles. The van der Waals surface area contributed by atoms with Gasteiger partial charge in [-0.2, -0.15) is 29.8 Å². The van der Waals surface area contributed by atoms with Crippen molar-refractivity contribution in [1.82, 2.24) is 0 Å². The summed E-state index contributed by atoms with van der Waals surface area (Å²) < 4.78 is 5.58. The van der Waals surface area contributed by atoms with Crippen molar-refractivity contribution in [3.63, 3.8) is 0 Å². The van der Waals surface area contributed by atoms with E-state index in [-0.39, 0.29) is 45.6 Å². The smallest absolute Gasteiger partial charge is 1.00 e. The van der Waals surface area contributed by atoms with Gasteiger partial charge in [-0.05, 0) is 25.8 Å². The first-order valence-electron chi connectivity index (χ1n) is 3.84. The molecule has 4 heteroatoms. The molecule has 0 atom stereocenters. The van der Waals surface area contributed by atoms with Gasteiger partial charge in [-0.25, -0.2) is 0 Å². The minimum atomic E-state index is -0.203. The molecule has 1 aromatic rings. The van der Waals surface area contributed by atoms with Crippen LogP contribution in [0.3, 0.4) is 0 Å². The molecule has 1 aromatic carbocycles. The number of hydrogen-bond donors (Lipinski definition) is 0. The number of ether oxygens (including phenoxy) is 1. The van der Waals surface area contributed by atoms with Crippen molar-refractivity contribution in [1.29, 1.82) is 0 Å². The predicted molar refractivity (Wildman–Crippen MR) is 56.4 cm³/mol. The molecule has 0 spiro atoms. The Bertz CT molecular complexity index is 273. The molecule has 0 saturated carbocycles. The second-order valence-electron chi connectivity index (χ2n) is 3.57. The van der Waals surface area contributed by atoms with Crippen LogP contribution in [-0.4, -0.2) is 28.7 Å². The third-order valence-corrected chi connectivity index (χ3v) is 1.49. The Labute approximate surface area is 117 Å². The monoisotopic (exact) mass is 286 g/mol. The fourth-order valence-corrected chi connectivity index (χ4v) is 0.973. The Morgan fingerprint density at radius 3 is 2.36 bits per heavy atom. The summed E-state index contributed by atoms with van der Waals surface area (Å²) in [5.74, 6) is 0.711. The molecule has 0 aliphatic carbocycles. The van der Waals surface area contributed by atoms with Gasteiger partial charge in [0.2, 0.25) is 0 Å². The van der Waals surface area contributed by atoms with Crippen molar-refractivity contribution in [2.24, 2.45) is 0 Å². The summed E-state index contributed by atoms with van der Waals surface area (Å²) >= 11 is 5.87. The van der Waals surface area contributed by atoms with Crippen LogP contribution in [0, 0.1) is 6.07 Å². The molecule has 0 aliphatic heterocycles. The van der Waals surface area contributed by atoms with Crippen LogP contribution in [0.2, 0.25) is 5.02 Å². The maximum absolute atomic E-state index is 5.87. The Hall–Kier alpha value is 0.556. The van der Waals surface area contributed by atoms with Gasteiger partial charge in [-0.3, -0.25) is 0 Å². The Morgan fingerprint density at radius 1 is 1.36 bits per heavy atom. The van der Waals surface area contributed by atoms with Crippen molar-refractivity contribution in [3.8, 4) is 5.75 Å². The topological polar surface area (TPSA) is 9.23 Å². The van der Waals surface area contributed by atoms with Crippen molar-refractivity contribution >= 4 is 34.7 Å². The maximum atomic E-state index is 5.87. The summed E-state index contributed by atoms with van der Waals surface area (Å²) in [5, 5.41) is 0.604. The van der Waals surface area contributed by atoms with E-state index in [0.717, 1.165) is 0 Å². The fourth-order valence-electron chi connectivity index (χ4n) is 0.808. The summed E-state index contributed by atoms with van der Waals surface area (Å²) in [7, 11) is 0. The molecular weight excluding hydrogens is 276 g/mol. The van der Waals surface area contributed by atoms with Crippen molar-refractivity contribution < 1.29 is 21.7 Å². The summed E-state index contributed by atoms with van der Waals surface area (Å²) in [6.45, 7) is 5.96. The second-order valence-corrected chi connectivity index (χ2v) is 3.98. The van der Waals surface area contributed by atoms with Gasteiger partial charge in [0, 0.05) is 5.75 Å². The average Bonchev–Trinajstić information content (AvgIpc) is 1.91. The van der Waals surface area contributed by atoms with Gasteiger partial charge < -0.3 is 21.7 Å². The van der Waals surface area contributed by atoms with E-state index in [1.54, 1.807) is 12.1 Å². The number of halogens is 2. The van der Waals surface area contributed by atoms with E-state index in [1.807, 2.05) is 26.8 Å². The van der Waals surface area contributed by atoms with Gasteiger partial charge in [0.1, 0.15) is 0 Å². The van der Waals surface area contributed by atoms with Crippen molar-refractivity contribution in [2.75, 3.05) is 0 Å². The largest absolute Gasteiger partial charge is 2.00 e. The third kappa shape index (κ3) is 6.12. The average molecular weight is 288 g/mol. The summed E-state index contributed by atoms with van der Waals surface area (Å²) in [6.07, 6.45) is 0. The first-order valence-corrected chi connectivity index (χ1v) is 4.21. The van der Waals surface area contributed by atoms with Gasteiger partial charge in [-0.1, -0.05) is 0 Å². The molecule has 0 aliphatic rings. The van der Waals surface area contributed by atoms with Crippen molar-refractivity contribution in [3.05, 3.63) is 29.3 Å². The van der Waals surface area contributed by atoms with Crippen LogP contribution in [0.1, 0.15) is 20.8 Å². The van der Waals surface area contributed by atoms with E-state index in [2.05, 4.69) is 6.07 Å². The molecule has 74 valence electrons. The molecule has 0 unspecified atom stereocenters. The molecule has 1 rings (SSSR count). The van der Waals surface area contributed by atoms with E-state index < -0.39 is 0 Å². The number of rotatable bonds is 1. The van der Waals surface area contributed by atoms with E-state index in [0.29, 0.717) is 10.8 Å². The van der Waals surface area contributed by atoms with E-state index in [9.17, 15) is 0 Å². The van der Waals surface area contributed by atoms with Gasteiger partial charge in [0.15, 0.2) is 0 Å². The zero-order valence-corrected chi connectivity index (χ0v) is 12.4. The number of benzene rings is 1. The van der Waals surface area contributed by atoms with E-state index >= 15 is 0 Å². The standard InChI is InChI=1S/C10H12ClO.BrH.Mg/c1-10(2,3)12-9-7-5-4-6-8(9)11;;/h5-7H,1-3H3;1H;/q-1;;+2/p-1. The first kappa shape index (κ1) is 17.0. The molecule has 0 radical (unpaired) electrons. The third-order valence-electron chi connectivity index (χ3n) is 1.19. The number of hydrogen-bond acceptors (Lipinski definition) is 1. The van der Waals surface area contributed by atoms with Crippen LogP contribution < -0.4 is 21.7 Å². The summed E-state index contributed by atoms with van der Waals surface area (Å²) in [4.78, 5) is 0. The first-order chi connectivity index (χ1) is 5.49. The van der Waals surface area contributed by atoms with Gasteiger partial charge in [-0.15, -0.1) is 6.07 Å². The summed E-state index contributed by atoms with van der Waals surface area (Å²) in [6, 6.07) is 8.17. The molecule has 0 heterocycles. The second kappa shape index (κ2) is 6.93. The van der Waals surface area contributed by atoms with Crippen LogP contribution >= 0.6 is 11.6 Å². The summed E-state index contributed by atoms with van der Waals surface area (Å²) in [5.41, 5.74) is -0.203. The maximum Gasteiger partial charge on any atom is 2.00 e. The molecule has 0 fully saturated rings. The van der Waals surface area contributed by atoms with Crippen LogP contribution in [0.25, 0.3) is 0 Å². The molecule has 0 bridgehead atoms. The van der Waals surface area contributed by atoms with Crippen LogP contribution in [0.4, 0.5) is 0 Å². The van der Waals surface area contributed by atoms with Crippen LogP contribution in [0.5, 0.6) is 5.75 Å². The zero-order valence-electron chi connectivity index (χ0n) is 8.60. The van der Waals surface area contributed by atoms with E-state index in [4.69, 9.17) is 16.3 Å². The molecule has 0 N–H and O–H groups in total. The SMILES string of the molecule is CC(C)(C)Oc1cc[c-]cc1Cl.[Br-].[Mg+2]. The molecule has 0 aromatic heterocycles. The normalized spacial score (nSPS) is 9.71. The molecule has 0 amide bonds. The van der Waals surface area contributed by atoms with Gasteiger partial charge >= 0.3 is 23.1 Å². The van der Waals surface area contributed by atoms with Gasteiger partial charge in [0.05, 0.1) is 5.60 Å². The molecule has 14 heavy (non-hydrogen) atoms. The predicted octanol–water partition coefficient (Wildman–Crippen LogP) is -0.0593. The van der Waals surface area contributed by atoms with E-state index in [1.165, 1.54) is 0 Å². The fraction of sp³-hybridized carbons (Fsp3) is 0.400. The Kier molecular flexibility index (Phi) is 8.40. The Morgan fingerprint density at radius 2 is 1.93 bits per heavy atom.